The average Bonchev–Trinajstić information content (AvgIpc) is 2.03. The monoisotopic (exact) mass is 138 g/mol. The summed E-state index contributed by atoms with van der Waals surface area (Å²) in [6.45, 7) is 2.21. The Kier molecular flexibility index (Phi) is 3.86. The van der Waals surface area contributed by atoms with Crippen LogP contribution in [0.5, 0.6) is 0 Å². The van der Waals surface area contributed by atoms with Gasteiger partial charge in [0, 0.05) is 0 Å². The van der Waals surface area contributed by atoms with Crippen LogP contribution in [-0.4, -0.2) is 0 Å². The van der Waals surface area contributed by atoms with E-state index in [9.17, 15) is 0 Å². The van der Waals surface area contributed by atoms with Gasteiger partial charge in [0.1, 0.15) is 0 Å². The van der Waals surface area contributed by atoms with Crippen LogP contribution < -0.4 is 0 Å². The Hall–Kier alpha value is 0. The fourth-order valence-electron chi connectivity index (χ4n) is 1.66. The molecule has 0 nitrogen and oxygen atoms in total. The van der Waals surface area contributed by atoms with Crippen LogP contribution in [0.25, 0.3) is 0 Å². The van der Waals surface area contributed by atoms with E-state index in [4.69, 9.17) is 0 Å². The van der Waals surface area contributed by atoms with Crippen molar-refractivity contribution in [1.29, 1.82) is 0 Å². The fraction of sp³-hybridized carbons (Fsp3) is 0.800. The van der Waals surface area contributed by atoms with Gasteiger partial charge in [-0.3, -0.25) is 0 Å². The number of hydrogen-bond acceptors (Lipinski definition) is 0. The molecule has 0 N–H and O–H groups in total. The lowest BCUT2D eigenvalue weighted by atomic mass is 9.86. The molecule has 0 heterocycles. The van der Waals surface area contributed by atoms with Crippen LogP contribution in [-0.2, 0) is 0 Å². The van der Waals surface area contributed by atoms with E-state index < -0.39 is 0 Å². The van der Waals surface area contributed by atoms with Crippen molar-refractivity contribution in [2.45, 2.75) is 45.4 Å². The van der Waals surface area contributed by atoms with E-state index in [1.165, 1.54) is 38.5 Å². The molecule has 0 unspecified atom stereocenters. The predicted octanol–water partition coefficient (Wildman–Crippen LogP) is 3.39. The van der Waals surface area contributed by atoms with Gasteiger partial charge in [-0.05, 0) is 18.8 Å². The minimum absolute atomic E-state index is 0.925. The topological polar surface area (TPSA) is 0 Å². The lowest BCUT2D eigenvalue weighted by Crippen LogP contribution is -2.06. The summed E-state index contributed by atoms with van der Waals surface area (Å²) in [5.41, 5.74) is 0. The van der Waals surface area contributed by atoms with Crippen molar-refractivity contribution in [2.24, 2.45) is 5.92 Å². The third-order valence-electron chi connectivity index (χ3n) is 2.29. The maximum Gasteiger partial charge on any atom is -0.0321 e. The third kappa shape index (κ3) is 2.72. The van der Waals surface area contributed by atoms with Crippen molar-refractivity contribution in [1.82, 2.24) is 0 Å². The first-order valence-electron chi connectivity index (χ1n) is 4.60. The maximum atomic E-state index is 2.42. The van der Waals surface area contributed by atoms with Crippen molar-refractivity contribution in [3.63, 3.8) is 0 Å². The van der Waals surface area contributed by atoms with Crippen LogP contribution in [0.1, 0.15) is 45.4 Å². The summed E-state index contributed by atoms with van der Waals surface area (Å²) in [6, 6.07) is 0. The van der Waals surface area contributed by atoms with E-state index in [1.807, 2.05) is 0 Å². The molecule has 0 amide bonds. The van der Waals surface area contributed by atoms with Gasteiger partial charge in [0.05, 0.1) is 0 Å². The highest BCUT2D eigenvalue weighted by molar-refractivity contribution is 4.89. The molecule has 0 aromatic carbocycles. The number of unbranched alkanes of at least 4 members (excludes halogenated alkanes) is 1. The van der Waals surface area contributed by atoms with Crippen LogP contribution in [0, 0.1) is 18.8 Å². The predicted molar refractivity (Wildman–Crippen MR) is 45.5 cm³/mol. The highest BCUT2D eigenvalue weighted by atomic mass is 14.2. The van der Waals surface area contributed by atoms with E-state index >= 15 is 0 Å². The number of rotatable bonds is 3. The van der Waals surface area contributed by atoms with Crippen LogP contribution in [0.2, 0.25) is 0 Å². The van der Waals surface area contributed by atoms with Crippen LogP contribution in [0.3, 0.4) is 0 Å². The molecule has 0 aliphatic heterocycles. The normalized spacial score (nSPS) is 21.3. The van der Waals surface area contributed by atoms with E-state index in [1.54, 1.807) is 0 Å². The van der Waals surface area contributed by atoms with Crippen molar-refractivity contribution in [3.05, 3.63) is 12.8 Å². The van der Waals surface area contributed by atoms with E-state index in [-0.39, 0.29) is 0 Å². The van der Waals surface area contributed by atoms with Crippen LogP contribution in [0.15, 0.2) is 0 Å². The average molecular weight is 138 g/mol. The zero-order chi connectivity index (χ0) is 7.23. The van der Waals surface area contributed by atoms with Crippen molar-refractivity contribution in [2.75, 3.05) is 0 Å². The molecule has 0 aromatic rings. The van der Waals surface area contributed by atoms with E-state index in [2.05, 4.69) is 19.8 Å². The summed E-state index contributed by atoms with van der Waals surface area (Å²) in [7, 11) is 0. The molecule has 1 aliphatic rings. The highest BCUT2D eigenvalue weighted by Crippen LogP contribution is 2.26. The maximum absolute atomic E-state index is 2.42. The van der Waals surface area contributed by atoms with Gasteiger partial charge in [-0.25, -0.2) is 0 Å². The largest absolute Gasteiger partial charge is 0.0651 e. The van der Waals surface area contributed by atoms with E-state index in [0.29, 0.717) is 0 Å². The molecule has 58 valence electrons. The Balaban J connectivity index is 2.02. The minimum Gasteiger partial charge on any atom is -0.0651 e. The first-order chi connectivity index (χ1) is 4.93. The van der Waals surface area contributed by atoms with Gasteiger partial charge < -0.3 is 0 Å². The van der Waals surface area contributed by atoms with Crippen LogP contribution >= 0.6 is 0 Å². The number of hydrogen-bond donors (Lipinski definition) is 0. The molecule has 0 atom stereocenters. The third-order valence-corrected chi connectivity index (χ3v) is 2.29. The molecule has 0 saturated heterocycles. The summed E-state index contributed by atoms with van der Waals surface area (Å²) in [5, 5.41) is 0. The van der Waals surface area contributed by atoms with E-state index in [0.717, 1.165) is 5.92 Å². The summed E-state index contributed by atoms with van der Waals surface area (Å²) < 4.78 is 0. The lowest BCUT2D eigenvalue weighted by Gasteiger charge is -2.20. The first kappa shape index (κ1) is 8.10. The molecule has 10 heavy (non-hydrogen) atoms. The zero-order valence-corrected chi connectivity index (χ0v) is 6.97. The SMILES string of the molecule is CC[CH][CH]C1CCCCC1. The second-order valence-electron chi connectivity index (χ2n) is 3.23. The smallest absolute Gasteiger partial charge is 0.0321 e. The molecule has 1 rings (SSSR count). The summed E-state index contributed by atoms with van der Waals surface area (Å²) >= 11 is 0. The molecule has 1 saturated carbocycles. The zero-order valence-electron chi connectivity index (χ0n) is 6.97. The summed E-state index contributed by atoms with van der Waals surface area (Å²) in [5.74, 6) is 0.925. The minimum atomic E-state index is 0.925. The molecule has 1 fully saturated rings. The highest BCUT2D eigenvalue weighted by Gasteiger charge is 2.11. The summed E-state index contributed by atoms with van der Waals surface area (Å²) in [4.78, 5) is 0. The van der Waals surface area contributed by atoms with Crippen LogP contribution in [0.4, 0.5) is 0 Å². The fourth-order valence-corrected chi connectivity index (χ4v) is 1.66. The van der Waals surface area contributed by atoms with Gasteiger partial charge in [0.2, 0.25) is 0 Å². The molecule has 0 bridgehead atoms. The standard InChI is InChI=1S/C10H18/c1-2-3-7-10-8-5-4-6-9-10/h3,7,10H,2,4-6,8-9H2,1H3. The molecular weight excluding hydrogens is 120 g/mol. The Morgan fingerprint density at radius 1 is 1.20 bits per heavy atom. The van der Waals surface area contributed by atoms with Crippen molar-refractivity contribution in [3.8, 4) is 0 Å². The molecule has 0 spiro atoms. The van der Waals surface area contributed by atoms with Gasteiger partial charge >= 0.3 is 0 Å². The van der Waals surface area contributed by atoms with Crippen molar-refractivity contribution < 1.29 is 0 Å². The molecule has 2 radical (unpaired) electrons. The Bertz CT molecular complexity index is 70.1. The van der Waals surface area contributed by atoms with Gasteiger partial charge in [0.15, 0.2) is 0 Å². The quantitative estimate of drug-likeness (QED) is 0.561. The van der Waals surface area contributed by atoms with Crippen molar-refractivity contribution >= 4 is 0 Å². The Morgan fingerprint density at radius 2 is 1.90 bits per heavy atom. The van der Waals surface area contributed by atoms with Gasteiger partial charge in [-0.15, -0.1) is 0 Å². The second kappa shape index (κ2) is 4.76. The van der Waals surface area contributed by atoms with Gasteiger partial charge in [-0.2, -0.15) is 0 Å². The molecule has 0 heteroatoms. The summed E-state index contributed by atoms with van der Waals surface area (Å²) in [6.07, 6.45) is 13.2. The molecule has 0 aromatic heterocycles. The lowest BCUT2D eigenvalue weighted by molar-refractivity contribution is 0.400. The molecule has 1 aliphatic carbocycles. The van der Waals surface area contributed by atoms with Gasteiger partial charge in [-0.1, -0.05) is 45.4 Å². The Morgan fingerprint density at radius 3 is 2.50 bits per heavy atom. The Labute approximate surface area is 65.0 Å². The first-order valence-corrected chi connectivity index (χ1v) is 4.60. The molecular formula is C10H18. The second-order valence-corrected chi connectivity index (χ2v) is 3.23. The van der Waals surface area contributed by atoms with Gasteiger partial charge in [0.25, 0.3) is 0 Å².